The highest BCUT2D eigenvalue weighted by Crippen LogP contribution is 2.13. The van der Waals surface area contributed by atoms with Crippen molar-refractivity contribution in [2.45, 2.75) is 32.0 Å². The number of aliphatic hydroxyl groups is 1. The summed E-state index contributed by atoms with van der Waals surface area (Å²) < 4.78 is 16.0. The van der Waals surface area contributed by atoms with Crippen molar-refractivity contribution in [3.63, 3.8) is 0 Å². The van der Waals surface area contributed by atoms with Gasteiger partial charge in [0.1, 0.15) is 0 Å². The van der Waals surface area contributed by atoms with Gasteiger partial charge < -0.3 is 19.3 Å². The average molecular weight is 204 g/mol. The predicted octanol–water partition coefficient (Wildman–Crippen LogP) is 0.929. The van der Waals surface area contributed by atoms with Gasteiger partial charge in [0.15, 0.2) is 6.29 Å². The largest absolute Gasteiger partial charge is 0.394 e. The first-order valence-corrected chi connectivity index (χ1v) is 5.35. The van der Waals surface area contributed by atoms with Crippen molar-refractivity contribution < 1.29 is 19.3 Å². The molecule has 0 amide bonds. The van der Waals surface area contributed by atoms with Crippen molar-refractivity contribution in [2.75, 3.05) is 33.0 Å². The molecule has 1 unspecified atom stereocenters. The van der Waals surface area contributed by atoms with Gasteiger partial charge in [-0.2, -0.15) is 0 Å². The van der Waals surface area contributed by atoms with Crippen LogP contribution in [0.15, 0.2) is 0 Å². The van der Waals surface area contributed by atoms with Crippen LogP contribution in [0.5, 0.6) is 0 Å². The van der Waals surface area contributed by atoms with Gasteiger partial charge in [-0.3, -0.25) is 0 Å². The molecule has 0 spiro atoms. The van der Waals surface area contributed by atoms with Crippen LogP contribution in [0, 0.1) is 0 Å². The summed E-state index contributed by atoms with van der Waals surface area (Å²) in [5.74, 6) is 0. The second-order valence-electron chi connectivity index (χ2n) is 3.36. The monoisotopic (exact) mass is 204 g/mol. The molecule has 0 saturated carbocycles. The molecule has 4 nitrogen and oxygen atoms in total. The van der Waals surface area contributed by atoms with Crippen LogP contribution in [-0.2, 0) is 14.2 Å². The highest BCUT2D eigenvalue weighted by atomic mass is 16.7. The van der Waals surface area contributed by atoms with E-state index in [1.54, 1.807) is 0 Å². The van der Waals surface area contributed by atoms with Gasteiger partial charge in [0.25, 0.3) is 0 Å². The third-order valence-corrected chi connectivity index (χ3v) is 2.11. The van der Waals surface area contributed by atoms with Crippen molar-refractivity contribution in [3.05, 3.63) is 0 Å². The van der Waals surface area contributed by atoms with E-state index in [1.165, 1.54) is 6.42 Å². The molecule has 1 heterocycles. The van der Waals surface area contributed by atoms with Crippen LogP contribution in [0.3, 0.4) is 0 Å². The summed E-state index contributed by atoms with van der Waals surface area (Å²) in [7, 11) is 0. The zero-order valence-corrected chi connectivity index (χ0v) is 8.61. The quantitative estimate of drug-likeness (QED) is 0.627. The molecule has 1 saturated heterocycles. The molecule has 0 aromatic rings. The van der Waals surface area contributed by atoms with Gasteiger partial charge in [-0.05, 0) is 25.7 Å². The Labute approximate surface area is 85.2 Å². The van der Waals surface area contributed by atoms with Crippen molar-refractivity contribution in [3.8, 4) is 0 Å². The number of ether oxygens (including phenoxy) is 3. The smallest absolute Gasteiger partial charge is 0.157 e. The number of hydrogen-bond donors (Lipinski definition) is 1. The van der Waals surface area contributed by atoms with Crippen molar-refractivity contribution >= 4 is 0 Å². The van der Waals surface area contributed by atoms with E-state index in [9.17, 15) is 0 Å². The summed E-state index contributed by atoms with van der Waals surface area (Å²) in [6.45, 7) is 2.65. The molecule has 0 radical (unpaired) electrons. The Hall–Kier alpha value is -0.160. The minimum atomic E-state index is 0.00147. The van der Waals surface area contributed by atoms with E-state index < -0.39 is 0 Å². The number of aliphatic hydroxyl groups excluding tert-OH is 1. The number of rotatable bonds is 7. The maximum atomic E-state index is 8.45. The van der Waals surface area contributed by atoms with Crippen LogP contribution in [0.25, 0.3) is 0 Å². The summed E-state index contributed by atoms with van der Waals surface area (Å²) in [4.78, 5) is 0. The van der Waals surface area contributed by atoms with Gasteiger partial charge in [0, 0.05) is 13.2 Å². The molecule has 1 aliphatic heterocycles. The van der Waals surface area contributed by atoms with Gasteiger partial charge in [-0.25, -0.2) is 0 Å². The molecule has 1 N–H and O–H groups in total. The SMILES string of the molecule is OCCOCCCOC1CCCCO1. The lowest BCUT2D eigenvalue weighted by molar-refractivity contribution is -0.164. The maximum absolute atomic E-state index is 8.45. The number of hydrogen-bond acceptors (Lipinski definition) is 4. The van der Waals surface area contributed by atoms with Crippen LogP contribution in [0.2, 0.25) is 0 Å². The second-order valence-corrected chi connectivity index (χ2v) is 3.36. The molecule has 1 aliphatic rings. The Balaban J connectivity index is 1.82. The lowest BCUT2D eigenvalue weighted by Gasteiger charge is -2.22. The lowest BCUT2D eigenvalue weighted by Crippen LogP contribution is -2.23. The van der Waals surface area contributed by atoms with Crippen LogP contribution >= 0.6 is 0 Å². The summed E-state index contributed by atoms with van der Waals surface area (Å²) >= 11 is 0. The molecule has 0 aromatic carbocycles. The second kappa shape index (κ2) is 8.17. The Bertz CT molecular complexity index is 123. The topological polar surface area (TPSA) is 47.9 Å². The standard InChI is InChI=1S/C10H20O4/c11-5-9-12-6-3-8-14-10-4-1-2-7-13-10/h10-11H,1-9H2. The first-order valence-electron chi connectivity index (χ1n) is 5.35. The van der Waals surface area contributed by atoms with Gasteiger partial charge >= 0.3 is 0 Å². The molecule has 1 atom stereocenters. The Morgan fingerprint density at radius 1 is 1.21 bits per heavy atom. The molecular formula is C10H20O4. The predicted molar refractivity (Wildman–Crippen MR) is 52.1 cm³/mol. The third-order valence-electron chi connectivity index (χ3n) is 2.11. The van der Waals surface area contributed by atoms with Gasteiger partial charge in [0.05, 0.1) is 19.8 Å². The van der Waals surface area contributed by atoms with Gasteiger partial charge in [-0.15, -0.1) is 0 Å². The minimum absolute atomic E-state index is 0.00147. The fourth-order valence-corrected chi connectivity index (χ4v) is 1.39. The zero-order valence-electron chi connectivity index (χ0n) is 8.61. The molecular weight excluding hydrogens is 184 g/mol. The van der Waals surface area contributed by atoms with E-state index in [0.29, 0.717) is 19.8 Å². The van der Waals surface area contributed by atoms with E-state index in [2.05, 4.69) is 0 Å². The molecule has 1 rings (SSSR count). The highest BCUT2D eigenvalue weighted by molar-refractivity contribution is 4.53. The first-order chi connectivity index (χ1) is 6.93. The summed E-state index contributed by atoms with van der Waals surface area (Å²) in [6, 6.07) is 0. The van der Waals surface area contributed by atoms with Crippen LogP contribution in [-0.4, -0.2) is 44.4 Å². The molecule has 14 heavy (non-hydrogen) atoms. The van der Waals surface area contributed by atoms with E-state index in [1.807, 2.05) is 0 Å². The van der Waals surface area contributed by atoms with E-state index >= 15 is 0 Å². The molecule has 0 aliphatic carbocycles. The summed E-state index contributed by atoms with van der Waals surface area (Å²) in [5.41, 5.74) is 0. The average Bonchev–Trinajstić information content (AvgIpc) is 2.25. The Kier molecular flexibility index (Phi) is 6.95. The van der Waals surface area contributed by atoms with E-state index in [-0.39, 0.29) is 12.9 Å². The maximum Gasteiger partial charge on any atom is 0.157 e. The van der Waals surface area contributed by atoms with Gasteiger partial charge in [0.2, 0.25) is 0 Å². The first kappa shape index (κ1) is 11.9. The Morgan fingerprint density at radius 2 is 2.14 bits per heavy atom. The fourth-order valence-electron chi connectivity index (χ4n) is 1.39. The molecule has 0 aromatic heterocycles. The molecule has 1 fully saturated rings. The molecule has 84 valence electrons. The van der Waals surface area contributed by atoms with Crippen LogP contribution < -0.4 is 0 Å². The lowest BCUT2D eigenvalue weighted by atomic mass is 10.2. The third kappa shape index (κ3) is 5.54. The summed E-state index contributed by atoms with van der Waals surface area (Å²) in [6.07, 6.45) is 4.23. The van der Waals surface area contributed by atoms with Crippen LogP contribution in [0.1, 0.15) is 25.7 Å². The fraction of sp³-hybridized carbons (Fsp3) is 1.00. The normalized spacial score (nSPS) is 22.5. The van der Waals surface area contributed by atoms with Crippen LogP contribution in [0.4, 0.5) is 0 Å². The van der Waals surface area contributed by atoms with E-state index in [0.717, 1.165) is 25.9 Å². The van der Waals surface area contributed by atoms with Gasteiger partial charge in [-0.1, -0.05) is 0 Å². The van der Waals surface area contributed by atoms with Crippen molar-refractivity contribution in [1.82, 2.24) is 0 Å². The minimum Gasteiger partial charge on any atom is -0.394 e. The summed E-state index contributed by atoms with van der Waals surface area (Å²) in [5, 5.41) is 8.45. The molecule has 4 heteroatoms. The zero-order chi connectivity index (χ0) is 10.1. The van der Waals surface area contributed by atoms with Crippen molar-refractivity contribution in [1.29, 1.82) is 0 Å². The molecule has 0 bridgehead atoms. The van der Waals surface area contributed by atoms with Crippen molar-refractivity contribution in [2.24, 2.45) is 0 Å². The highest BCUT2D eigenvalue weighted by Gasteiger charge is 2.13. The van der Waals surface area contributed by atoms with E-state index in [4.69, 9.17) is 19.3 Å². The Morgan fingerprint density at radius 3 is 2.86 bits per heavy atom.